The van der Waals surface area contributed by atoms with Crippen molar-refractivity contribution in [2.75, 3.05) is 16.5 Å². The first-order chi connectivity index (χ1) is 12.5. The Labute approximate surface area is 158 Å². The Morgan fingerprint density at radius 1 is 1.37 bits per heavy atom. The van der Waals surface area contributed by atoms with E-state index in [-0.39, 0.29) is 17.1 Å². The third-order valence-corrected chi connectivity index (χ3v) is 3.56. The molecule has 0 bridgehead atoms. The molecule has 0 heterocycles. The fourth-order valence-electron chi connectivity index (χ4n) is 2.31. The molecule has 1 aromatic rings. The second-order valence-electron chi connectivity index (χ2n) is 7.11. The number of anilines is 3. The lowest BCUT2D eigenvalue weighted by molar-refractivity contribution is -0.107. The standard InChI is InChI=1S/C18H28N4O5/c1-12(8-5-6-11-23)22(17(25)26)21-15-13(19)9-7-10-14(15)20-16(24)27-18(2,3)4/h7,9-12,21H,5-6,8,19H2,1-4H3,(H,20,24)(H,25,26). The average molecular weight is 380 g/mol. The number of benzene rings is 1. The van der Waals surface area contributed by atoms with Crippen LogP contribution in [0.15, 0.2) is 18.2 Å². The number of nitrogens with two attached hydrogens (primary N) is 1. The smallest absolute Gasteiger partial charge is 0.426 e. The van der Waals surface area contributed by atoms with E-state index in [1.807, 2.05) is 0 Å². The van der Waals surface area contributed by atoms with E-state index < -0.39 is 23.8 Å². The summed E-state index contributed by atoms with van der Waals surface area (Å²) >= 11 is 0. The molecule has 0 aliphatic rings. The molecule has 0 aliphatic heterocycles. The molecule has 150 valence electrons. The molecule has 1 unspecified atom stereocenters. The molecule has 9 nitrogen and oxygen atoms in total. The number of nitrogens with one attached hydrogen (secondary N) is 2. The van der Waals surface area contributed by atoms with Gasteiger partial charge in [0.25, 0.3) is 0 Å². The van der Waals surface area contributed by atoms with Crippen molar-refractivity contribution >= 4 is 35.5 Å². The van der Waals surface area contributed by atoms with Gasteiger partial charge in [-0.2, -0.15) is 0 Å². The Morgan fingerprint density at radius 3 is 2.59 bits per heavy atom. The van der Waals surface area contributed by atoms with Crippen LogP contribution in [0.1, 0.15) is 47.0 Å². The van der Waals surface area contributed by atoms with Gasteiger partial charge >= 0.3 is 12.2 Å². The molecule has 0 saturated carbocycles. The van der Waals surface area contributed by atoms with Crippen LogP contribution < -0.4 is 16.5 Å². The molecule has 0 saturated heterocycles. The summed E-state index contributed by atoms with van der Waals surface area (Å²) in [6.45, 7) is 6.92. The number of nitrogens with zero attached hydrogens (tertiary/aromatic N) is 1. The number of hydrazine groups is 1. The van der Waals surface area contributed by atoms with E-state index in [0.29, 0.717) is 19.3 Å². The van der Waals surface area contributed by atoms with Crippen LogP contribution in [0.25, 0.3) is 0 Å². The fourth-order valence-corrected chi connectivity index (χ4v) is 2.31. The highest BCUT2D eigenvalue weighted by Crippen LogP contribution is 2.30. The van der Waals surface area contributed by atoms with Gasteiger partial charge in [0.1, 0.15) is 17.6 Å². The second kappa shape index (κ2) is 9.65. The minimum Gasteiger partial charge on any atom is -0.464 e. The predicted octanol–water partition coefficient (Wildman–Crippen LogP) is 3.68. The van der Waals surface area contributed by atoms with Crippen LogP contribution >= 0.6 is 0 Å². The first-order valence-electron chi connectivity index (χ1n) is 8.66. The third-order valence-electron chi connectivity index (χ3n) is 3.56. The maximum atomic E-state index is 12.1. The number of amides is 2. The summed E-state index contributed by atoms with van der Waals surface area (Å²) in [6, 6.07) is 4.38. The maximum absolute atomic E-state index is 12.1. The SMILES string of the molecule is CC(CCCC=O)N(Nc1c(N)cccc1NC(=O)OC(C)(C)C)C(=O)O. The van der Waals surface area contributed by atoms with Gasteiger partial charge in [-0.3, -0.25) is 10.7 Å². The third kappa shape index (κ3) is 7.43. The van der Waals surface area contributed by atoms with Gasteiger partial charge in [-0.25, -0.2) is 14.6 Å². The van der Waals surface area contributed by atoms with Gasteiger partial charge < -0.3 is 20.4 Å². The Hall–Kier alpha value is -2.97. The van der Waals surface area contributed by atoms with E-state index >= 15 is 0 Å². The van der Waals surface area contributed by atoms with Crippen molar-refractivity contribution in [3.63, 3.8) is 0 Å². The molecule has 0 fully saturated rings. The molecule has 0 aliphatic carbocycles. The summed E-state index contributed by atoms with van der Waals surface area (Å²) in [6.07, 6.45) is 0.306. The number of hydrogen-bond donors (Lipinski definition) is 4. The van der Waals surface area contributed by atoms with Crippen LogP contribution in [0, 0.1) is 0 Å². The number of aldehydes is 1. The highest BCUT2D eigenvalue weighted by molar-refractivity contribution is 5.93. The topological polar surface area (TPSA) is 134 Å². The maximum Gasteiger partial charge on any atom is 0.426 e. The van der Waals surface area contributed by atoms with E-state index in [2.05, 4.69) is 10.7 Å². The molecule has 1 aromatic carbocycles. The van der Waals surface area contributed by atoms with Crippen molar-refractivity contribution in [2.45, 2.75) is 58.6 Å². The molecule has 1 rings (SSSR count). The summed E-state index contributed by atoms with van der Waals surface area (Å²) in [5.74, 6) is 0. The van der Waals surface area contributed by atoms with Gasteiger partial charge in [0.2, 0.25) is 0 Å². The summed E-state index contributed by atoms with van der Waals surface area (Å²) in [5, 5.41) is 13.1. The lowest BCUT2D eigenvalue weighted by Gasteiger charge is -2.29. The van der Waals surface area contributed by atoms with Crippen LogP contribution in [0.4, 0.5) is 26.7 Å². The first-order valence-corrected chi connectivity index (χ1v) is 8.66. The van der Waals surface area contributed by atoms with Gasteiger partial charge in [-0.05, 0) is 52.7 Å². The van der Waals surface area contributed by atoms with Gasteiger partial charge in [-0.1, -0.05) is 6.07 Å². The van der Waals surface area contributed by atoms with Gasteiger partial charge in [0.05, 0.1) is 17.4 Å². The van der Waals surface area contributed by atoms with E-state index in [0.717, 1.165) is 11.3 Å². The number of nitrogen functional groups attached to an aromatic ring is 1. The van der Waals surface area contributed by atoms with Crippen molar-refractivity contribution < 1.29 is 24.2 Å². The summed E-state index contributed by atoms with van der Waals surface area (Å²) in [5.41, 5.74) is 8.84. The van der Waals surface area contributed by atoms with Crippen LogP contribution in [0.3, 0.4) is 0 Å². The quantitative estimate of drug-likeness (QED) is 0.234. The number of ether oxygens (including phenoxy) is 1. The summed E-state index contributed by atoms with van der Waals surface area (Å²) in [7, 11) is 0. The van der Waals surface area contributed by atoms with Crippen molar-refractivity contribution in [1.82, 2.24) is 5.01 Å². The minimum atomic E-state index is -1.21. The van der Waals surface area contributed by atoms with E-state index in [4.69, 9.17) is 10.5 Å². The Kier molecular flexibility index (Phi) is 7.89. The molecule has 27 heavy (non-hydrogen) atoms. The van der Waals surface area contributed by atoms with Crippen LogP contribution in [-0.2, 0) is 9.53 Å². The molecule has 2 amide bonds. The molecule has 5 N–H and O–H groups in total. The van der Waals surface area contributed by atoms with E-state index in [9.17, 15) is 19.5 Å². The van der Waals surface area contributed by atoms with E-state index in [1.165, 1.54) is 0 Å². The minimum absolute atomic E-state index is 0.244. The van der Waals surface area contributed by atoms with Crippen molar-refractivity contribution in [1.29, 1.82) is 0 Å². The highest BCUT2D eigenvalue weighted by Gasteiger charge is 2.23. The molecule has 0 aromatic heterocycles. The molecule has 1 atom stereocenters. The monoisotopic (exact) mass is 380 g/mol. The Balaban J connectivity index is 3.00. The molecule has 0 spiro atoms. The number of unbranched alkanes of at least 4 members (excludes halogenated alkanes) is 1. The average Bonchev–Trinajstić information content (AvgIpc) is 2.52. The van der Waals surface area contributed by atoms with Gasteiger partial charge in [0, 0.05) is 6.42 Å². The highest BCUT2D eigenvalue weighted by atomic mass is 16.6. The zero-order chi connectivity index (χ0) is 20.6. The number of hydrogen-bond acceptors (Lipinski definition) is 6. The molecular weight excluding hydrogens is 352 g/mol. The van der Waals surface area contributed by atoms with Crippen LogP contribution in [0.2, 0.25) is 0 Å². The molecule has 9 heteroatoms. The second-order valence-corrected chi connectivity index (χ2v) is 7.11. The predicted molar refractivity (Wildman–Crippen MR) is 104 cm³/mol. The fraction of sp³-hybridized carbons (Fsp3) is 0.500. The first kappa shape index (κ1) is 22.1. The van der Waals surface area contributed by atoms with Crippen LogP contribution in [-0.4, -0.2) is 40.2 Å². The Bertz CT molecular complexity index is 672. The number of carbonyl (C=O) groups is 3. The lowest BCUT2D eigenvalue weighted by atomic mass is 10.1. The zero-order valence-electron chi connectivity index (χ0n) is 16.1. The zero-order valence-corrected chi connectivity index (χ0v) is 16.1. The number of carbonyl (C=O) groups excluding carboxylic acids is 2. The normalized spacial score (nSPS) is 12.0. The lowest BCUT2D eigenvalue weighted by Crippen LogP contribution is -2.42. The van der Waals surface area contributed by atoms with Crippen LogP contribution in [0.5, 0.6) is 0 Å². The van der Waals surface area contributed by atoms with Gasteiger partial charge in [-0.15, -0.1) is 0 Å². The number of rotatable bonds is 8. The summed E-state index contributed by atoms with van der Waals surface area (Å²) < 4.78 is 5.22. The largest absolute Gasteiger partial charge is 0.464 e. The van der Waals surface area contributed by atoms with E-state index in [1.54, 1.807) is 45.9 Å². The van der Waals surface area contributed by atoms with Crippen molar-refractivity contribution in [3.05, 3.63) is 18.2 Å². The molecule has 0 radical (unpaired) electrons. The van der Waals surface area contributed by atoms with Crippen molar-refractivity contribution in [2.24, 2.45) is 0 Å². The number of para-hydroxylation sites is 1. The van der Waals surface area contributed by atoms with Crippen molar-refractivity contribution in [3.8, 4) is 0 Å². The summed E-state index contributed by atoms with van der Waals surface area (Å²) in [4.78, 5) is 34.2. The van der Waals surface area contributed by atoms with Gasteiger partial charge in [0.15, 0.2) is 0 Å². The molecular formula is C18H28N4O5. The number of carboxylic acid groups (broad SMARTS) is 1. The Morgan fingerprint density at radius 2 is 2.04 bits per heavy atom.